The van der Waals surface area contributed by atoms with Gasteiger partial charge >= 0.3 is 0 Å². The van der Waals surface area contributed by atoms with Crippen LogP contribution in [0.25, 0.3) is 0 Å². The van der Waals surface area contributed by atoms with Crippen LogP contribution in [0.3, 0.4) is 0 Å². The lowest BCUT2D eigenvalue weighted by Gasteiger charge is -2.16. The molecule has 0 saturated carbocycles. The Balaban J connectivity index is 1.75. The molecule has 1 fully saturated rings. The molecule has 20 heavy (non-hydrogen) atoms. The third-order valence-corrected chi connectivity index (χ3v) is 2.87. The van der Waals surface area contributed by atoms with Gasteiger partial charge in [0.15, 0.2) is 5.79 Å². The van der Waals surface area contributed by atoms with Crippen LogP contribution >= 0.6 is 0 Å². The molecule has 0 aromatic heterocycles. The third kappa shape index (κ3) is 4.34. The summed E-state index contributed by atoms with van der Waals surface area (Å²) in [7, 11) is 0. The molecule has 2 rings (SSSR count). The molecule has 1 aliphatic rings. The van der Waals surface area contributed by atoms with Crippen molar-refractivity contribution in [2.75, 3.05) is 13.2 Å². The molecule has 1 saturated heterocycles. The van der Waals surface area contributed by atoms with Crippen LogP contribution in [0.15, 0.2) is 29.4 Å². The van der Waals surface area contributed by atoms with Gasteiger partial charge in [-0.1, -0.05) is 29.4 Å². The zero-order valence-electron chi connectivity index (χ0n) is 11.7. The Labute approximate surface area is 118 Å². The molecule has 1 unspecified atom stereocenters. The second-order valence-electron chi connectivity index (χ2n) is 5.06. The Morgan fingerprint density at radius 3 is 2.80 bits per heavy atom. The second-order valence-corrected chi connectivity index (χ2v) is 5.06. The summed E-state index contributed by atoms with van der Waals surface area (Å²) in [5.74, 6) is -0.533. The largest absolute Gasteiger partial charge is 0.393 e. The predicted molar refractivity (Wildman–Crippen MR) is 74.2 cm³/mol. The highest BCUT2D eigenvalue weighted by atomic mass is 16.8. The minimum Gasteiger partial charge on any atom is -0.393 e. The van der Waals surface area contributed by atoms with Crippen LogP contribution < -0.4 is 0 Å². The van der Waals surface area contributed by atoms with Crippen LogP contribution in [0, 0.1) is 11.3 Å². The molecule has 1 heterocycles. The highest BCUT2D eigenvalue weighted by molar-refractivity contribution is 5.79. The van der Waals surface area contributed by atoms with Gasteiger partial charge in [0.2, 0.25) is 0 Å². The molecule has 0 aliphatic carbocycles. The van der Waals surface area contributed by atoms with E-state index in [2.05, 4.69) is 11.2 Å². The van der Waals surface area contributed by atoms with E-state index in [4.69, 9.17) is 19.6 Å². The third-order valence-electron chi connectivity index (χ3n) is 2.87. The second kappa shape index (κ2) is 6.51. The molecule has 1 aromatic carbocycles. The number of nitriles is 1. The molecule has 0 radical (unpaired) electrons. The molecular formula is C15H18N2O3. The van der Waals surface area contributed by atoms with E-state index in [-0.39, 0.29) is 6.10 Å². The standard InChI is InChI=1S/C15H18N2O3/c1-15(2)18-10-14(20-15)11-19-17-9-13-5-3-12(4-6-13)7-8-16/h3-6,9,14H,7,10-11H2,1-2H3/b17-9+. The van der Waals surface area contributed by atoms with E-state index >= 15 is 0 Å². The number of hydrogen-bond acceptors (Lipinski definition) is 5. The van der Waals surface area contributed by atoms with Gasteiger partial charge in [0.25, 0.3) is 0 Å². The molecule has 0 spiro atoms. The topological polar surface area (TPSA) is 63.8 Å². The van der Waals surface area contributed by atoms with E-state index < -0.39 is 5.79 Å². The van der Waals surface area contributed by atoms with Gasteiger partial charge in [0.05, 0.1) is 25.3 Å². The van der Waals surface area contributed by atoms with E-state index in [0.29, 0.717) is 19.6 Å². The van der Waals surface area contributed by atoms with Crippen LogP contribution in [-0.2, 0) is 20.7 Å². The SMILES string of the molecule is CC1(C)OCC(CO/N=C/c2ccc(CC#N)cc2)O1. The smallest absolute Gasteiger partial charge is 0.163 e. The normalized spacial score (nSPS) is 20.9. The van der Waals surface area contributed by atoms with Crippen molar-refractivity contribution in [1.82, 2.24) is 0 Å². The summed E-state index contributed by atoms with van der Waals surface area (Å²) in [6, 6.07) is 9.72. The van der Waals surface area contributed by atoms with Crippen molar-refractivity contribution in [3.05, 3.63) is 35.4 Å². The molecule has 0 bridgehead atoms. The molecule has 0 N–H and O–H groups in total. The van der Waals surface area contributed by atoms with Gasteiger partial charge < -0.3 is 14.3 Å². The van der Waals surface area contributed by atoms with Crippen molar-refractivity contribution in [2.45, 2.75) is 32.2 Å². The zero-order chi connectivity index (χ0) is 14.4. The van der Waals surface area contributed by atoms with E-state index in [0.717, 1.165) is 11.1 Å². The molecule has 0 amide bonds. The van der Waals surface area contributed by atoms with Gasteiger partial charge in [-0.15, -0.1) is 0 Å². The fraction of sp³-hybridized carbons (Fsp3) is 0.467. The average molecular weight is 274 g/mol. The van der Waals surface area contributed by atoms with Gasteiger partial charge in [0, 0.05) is 0 Å². The summed E-state index contributed by atoms with van der Waals surface area (Å²) < 4.78 is 11.0. The number of nitrogens with zero attached hydrogens (tertiary/aromatic N) is 2. The minimum atomic E-state index is -0.533. The van der Waals surface area contributed by atoms with E-state index in [1.54, 1.807) is 6.21 Å². The Morgan fingerprint density at radius 1 is 1.45 bits per heavy atom. The lowest BCUT2D eigenvalue weighted by Crippen LogP contribution is -2.23. The summed E-state index contributed by atoms with van der Waals surface area (Å²) in [4.78, 5) is 5.20. The highest BCUT2D eigenvalue weighted by Gasteiger charge is 2.32. The monoisotopic (exact) mass is 274 g/mol. The lowest BCUT2D eigenvalue weighted by molar-refractivity contribution is -0.144. The van der Waals surface area contributed by atoms with Crippen molar-refractivity contribution in [1.29, 1.82) is 5.26 Å². The van der Waals surface area contributed by atoms with Crippen molar-refractivity contribution in [2.24, 2.45) is 5.16 Å². The fourth-order valence-corrected chi connectivity index (χ4v) is 1.88. The number of rotatable bonds is 5. The Morgan fingerprint density at radius 2 is 2.20 bits per heavy atom. The Hall–Kier alpha value is -1.90. The highest BCUT2D eigenvalue weighted by Crippen LogP contribution is 2.22. The Kier molecular flexibility index (Phi) is 4.72. The quantitative estimate of drug-likeness (QED) is 0.610. The Bertz CT molecular complexity index is 503. The minimum absolute atomic E-state index is 0.0832. The summed E-state index contributed by atoms with van der Waals surface area (Å²) in [5.41, 5.74) is 1.92. The lowest BCUT2D eigenvalue weighted by atomic mass is 10.1. The molecule has 106 valence electrons. The number of ether oxygens (including phenoxy) is 2. The van der Waals surface area contributed by atoms with Crippen molar-refractivity contribution >= 4 is 6.21 Å². The maximum atomic E-state index is 8.58. The van der Waals surface area contributed by atoms with Crippen LogP contribution in [0.2, 0.25) is 0 Å². The van der Waals surface area contributed by atoms with E-state index in [1.165, 1.54) is 0 Å². The fourth-order valence-electron chi connectivity index (χ4n) is 1.88. The van der Waals surface area contributed by atoms with Gasteiger partial charge in [-0.25, -0.2) is 0 Å². The van der Waals surface area contributed by atoms with Crippen LogP contribution in [-0.4, -0.2) is 31.3 Å². The molecule has 1 aliphatic heterocycles. The first kappa shape index (κ1) is 14.5. The first-order chi connectivity index (χ1) is 9.59. The predicted octanol–water partition coefficient (Wildman–Crippen LogP) is 2.25. The number of hydrogen-bond donors (Lipinski definition) is 0. The zero-order valence-corrected chi connectivity index (χ0v) is 11.7. The molecular weight excluding hydrogens is 256 g/mol. The number of oxime groups is 1. The van der Waals surface area contributed by atoms with Gasteiger partial charge in [-0.05, 0) is 25.0 Å². The van der Waals surface area contributed by atoms with Gasteiger partial charge in [0.1, 0.15) is 12.7 Å². The first-order valence-electron chi connectivity index (χ1n) is 6.52. The van der Waals surface area contributed by atoms with Crippen molar-refractivity contribution < 1.29 is 14.3 Å². The molecule has 5 nitrogen and oxygen atoms in total. The molecule has 1 atom stereocenters. The van der Waals surface area contributed by atoms with Gasteiger partial charge in [-0.2, -0.15) is 5.26 Å². The summed E-state index contributed by atoms with van der Waals surface area (Å²) in [5, 5.41) is 12.5. The van der Waals surface area contributed by atoms with Gasteiger partial charge in [-0.3, -0.25) is 0 Å². The summed E-state index contributed by atoms with van der Waals surface area (Å²) in [6.45, 7) is 4.63. The summed E-state index contributed by atoms with van der Waals surface area (Å²) in [6.07, 6.45) is 1.97. The summed E-state index contributed by atoms with van der Waals surface area (Å²) >= 11 is 0. The van der Waals surface area contributed by atoms with Crippen LogP contribution in [0.5, 0.6) is 0 Å². The van der Waals surface area contributed by atoms with Crippen LogP contribution in [0.4, 0.5) is 0 Å². The van der Waals surface area contributed by atoms with Crippen LogP contribution in [0.1, 0.15) is 25.0 Å². The average Bonchev–Trinajstić information content (AvgIpc) is 2.76. The van der Waals surface area contributed by atoms with E-state index in [1.807, 2.05) is 38.1 Å². The maximum Gasteiger partial charge on any atom is 0.163 e. The van der Waals surface area contributed by atoms with Crippen molar-refractivity contribution in [3.63, 3.8) is 0 Å². The molecule has 1 aromatic rings. The first-order valence-corrected chi connectivity index (χ1v) is 6.52. The maximum absolute atomic E-state index is 8.58. The number of benzene rings is 1. The van der Waals surface area contributed by atoms with E-state index in [9.17, 15) is 0 Å². The molecule has 5 heteroatoms. The van der Waals surface area contributed by atoms with Crippen molar-refractivity contribution in [3.8, 4) is 6.07 Å².